The third kappa shape index (κ3) is 3.05. The van der Waals surface area contributed by atoms with E-state index in [-0.39, 0.29) is 0 Å². The number of nitrogens with zero attached hydrogens (tertiary/aromatic N) is 4. The number of hydrogen-bond acceptors (Lipinski definition) is 8. The van der Waals surface area contributed by atoms with Crippen molar-refractivity contribution in [2.75, 3.05) is 37.0 Å². The molecule has 6 rings (SSSR count). The van der Waals surface area contributed by atoms with Crippen LogP contribution in [0.25, 0.3) is 11.1 Å². The highest BCUT2D eigenvalue weighted by Crippen LogP contribution is 2.53. The van der Waals surface area contributed by atoms with Gasteiger partial charge >= 0.3 is 0 Å². The molecule has 0 radical (unpaired) electrons. The number of aromatic nitrogens is 2. The fourth-order valence-corrected chi connectivity index (χ4v) is 5.38. The van der Waals surface area contributed by atoms with E-state index >= 15 is 0 Å². The van der Waals surface area contributed by atoms with Crippen LogP contribution in [0.5, 0.6) is 11.6 Å². The first-order chi connectivity index (χ1) is 15.2. The van der Waals surface area contributed by atoms with Gasteiger partial charge in [0.2, 0.25) is 5.88 Å². The Morgan fingerprint density at radius 2 is 1.94 bits per heavy atom. The summed E-state index contributed by atoms with van der Waals surface area (Å²) < 4.78 is 11.8. The van der Waals surface area contributed by atoms with Crippen LogP contribution in [0.2, 0.25) is 0 Å². The standard InChI is InChI=1S/C23H21N5O2S/c24-22-27-23(14-31-22)18-10-15(16-2-1-5-25-12-16)3-4-20(18)30-21-19(23)11-17(13-26-21)28-6-8-29-9-7-28/h1-5,10-13H,6-9,14H2,(H2,24,27)/t23-/m1/s1. The van der Waals surface area contributed by atoms with Crippen molar-refractivity contribution in [3.63, 3.8) is 0 Å². The van der Waals surface area contributed by atoms with Gasteiger partial charge < -0.3 is 20.1 Å². The summed E-state index contributed by atoms with van der Waals surface area (Å²) in [5.41, 5.74) is 10.7. The molecule has 0 amide bonds. The Hall–Kier alpha value is -3.10. The molecule has 156 valence electrons. The van der Waals surface area contributed by atoms with E-state index < -0.39 is 5.54 Å². The number of anilines is 1. The molecule has 1 spiro atoms. The highest BCUT2D eigenvalue weighted by molar-refractivity contribution is 8.14. The number of fused-ring (bicyclic) bond motifs is 4. The number of morpholine rings is 1. The minimum Gasteiger partial charge on any atom is -0.438 e. The van der Waals surface area contributed by atoms with Gasteiger partial charge in [0, 0.05) is 47.9 Å². The van der Waals surface area contributed by atoms with E-state index in [1.807, 2.05) is 30.6 Å². The average molecular weight is 432 g/mol. The molecule has 0 saturated carbocycles. The van der Waals surface area contributed by atoms with Crippen LogP contribution in [0.3, 0.4) is 0 Å². The molecule has 3 aliphatic heterocycles. The normalized spacial score (nSPS) is 21.9. The monoisotopic (exact) mass is 431 g/mol. The second-order valence-corrected chi connectivity index (χ2v) is 8.79. The molecule has 2 aromatic heterocycles. The van der Waals surface area contributed by atoms with Gasteiger partial charge in [-0.2, -0.15) is 0 Å². The molecule has 0 bridgehead atoms. The number of rotatable bonds is 2. The van der Waals surface area contributed by atoms with E-state index in [1.165, 1.54) is 0 Å². The first-order valence-corrected chi connectivity index (χ1v) is 11.3. The molecule has 1 aromatic carbocycles. The van der Waals surface area contributed by atoms with Crippen molar-refractivity contribution in [2.24, 2.45) is 10.7 Å². The number of hydrogen-bond donors (Lipinski definition) is 1. The van der Waals surface area contributed by atoms with E-state index in [9.17, 15) is 0 Å². The summed E-state index contributed by atoms with van der Waals surface area (Å²) in [6.07, 6.45) is 5.52. The largest absolute Gasteiger partial charge is 0.438 e. The first-order valence-electron chi connectivity index (χ1n) is 10.3. The Bertz CT molecular complexity index is 1180. The molecule has 0 aliphatic carbocycles. The lowest BCUT2D eigenvalue weighted by Crippen LogP contribution is -2.37. The molecule has 1 saturated heterocycles. The predicted octanol–water partition coefficient (Wildman–Crippen LogP) is 3.39. The van der Waals surface area contributed by atoms with Crippen LogP contribution in [-0.4, -0.2) is 47.2 Å². The molecule has 31 heavy (non-hydrogen) atoms. The Labute approximate surface area is 184 Å². The quantitative estimate of drug-likeness (QED) is 0.666. The minimum absolute atomic E-state index is 0.586. The van der Waals surface area contributed by atoms with E-state index in [0.717, 1.165) is 60.0 Å². The van der Waals surface area contributed by atoms with E-state index in [0.29, 0.717) is 16.8 Å². The molecule has 0 unspecified atom stereocenters. The maximum Gasteiger partial charge on any atom is 0.225 e. The summed E-state index contributed by atoms with van der Waals surface area (Å²) in [5.74, 6) is 2.08. The maximum absolute atomic E-state index is 6.24. The van der Waals surface area contributed by atoms with Gasteiger partial charge in [0.05, 0.1) is 25.1 Å². The third-order valence-corrected chi connectivity index (χ3v) is 6.96. The first kappa shape index (κ1) is 18.7. The Kier molecular flexibility index (Phi) is 4.36. The second-order valence-electron chi connectivity index (χ2n) is 7.80. The SMILES string of the molecule is NC1=N[C@]2(CS1)c1cc(-c3cccnc3)ccc1Oc1ncc(N3CCOCC3)cc12. The van der Waals surface area contributed by atoms with Crippen molar-refractivity contribution in [3.8, 4) is 22.8 Å². The smallest absolute Gasteiger partial charge is 0.225 e. The van der Waals surface area contributed by atoms with E-state index in [1.54, 1.807) is 18.0 Å². The topological polar surface area (TPSA) is 85.9 Å². The molecule has 3 aliphatic rings. The van der Waals surface area contributed by atoms with Gasteiger partial charge in [-0.3, -0.25) is 4.98 Å². The number of pyridine rings is 2. The fraction of sp³-hybridized carbons (Fsp3) is 0.261. The fourth-order valence-electron chi connectivity index (χ4n) is 4.42. The lowest BCUT2D eigenvalue weighted by atomic mass is 9.82. The number of benzene rings is 1. The van der Waals surface area contributed by atoms with Gasteiger partial charge in [-0.1, -0.05) is 23.9 Å². The molecule has 1 atom stereocenters. The Morgan fingerprint density at radius 1 is 1.03 bits per heavy atom. The van der Waals surface area contributed by atoms with Gasteiger partial charge in [-0.25, -0.2) is 9.98 Å². The number of aliphatic imine (C=N–C) groups is 1. The van der Waals surface area contributed by atoms with Crippen molar-refractivity contribution < 1.29 is 9.47 Å². The van der Waals surface area contributed by atoms with Crippen molar-refractivity contribution in [1.29, 1.82) is 0 Å². The molecule has 2 N–H and O–H groups in total. The van der Waals surface area contributed by atoms with E-state index in [2.05, 4.69) is 33.1 Å². The number of thioether (sulfide) groups is 1. The average Bonchev–Trinajstić information content (AvgIpc) is 3.22. The van der Waals surface area contributed by atoms with Crippen LogP contribution in [-0.2, 0) is 10.3 Å². The highest BCUT2D eigenvalue weighted by atomic mass is 32.2. The van der Waals surface area contributed by atoms with Crippen molar-refractivity contribution in [3.05, 3.63) is 66.1 Å². The van der Waals surface area contributed by atoms with E-state index in [4.69, 9.17) is 20.2 Å². The van der Waals surface area contributed by atoms with Crippen LogP contribution in [0.1, 0.15) is 11.1 Å². The van der Waals surface area contributed by atoms with Gasteiger partial charge in [-0.05, 0) is 29.8 Å². The number of amidine groups is 1. The zero-order chi connectivity index (χ0) is 20.8. The van der Waals surface area contributed by atoms with Crippen molar-refractivity contribution in [2.45, 2.75) is 5.54 Å². The van der Waals surface area contributed by atoms with Crippen LogP contribution in [0.15, 0.2) is 60.0 Å². The summed E-state index contributed by atoms with van der Waals surface area (Å²) in [6.45, 7) is 3.13. The molecule has 1 fully saturated rings. The lowest BCUT2D eigenvalue weighted by Gasteiger charge is -2.35. The summed E-state index contributed by atoms with van der Waals surface area (Å²) in [4.78, 5) is 16.2. The zero-order valence-electron chi connectivity index (χ0n) is 16.8. The highest BCUT2D eigenvalue weighted by Gasteiger charge is 2.47. The van der Waals surface area contributed by atoms with Crippen LogP contribution >= 0.6 is 11.8 Å². The summed E-state index contributed by atoms with van der Waals surface area (Å²) in [6, 6.07) is 12.4. The molecular formula is C23H21N5O2S. The summed E-state index contributed by atoms with van der Waals surface area (Å²) in [7, 11) is 0. The number of ether oxygens (including phenoxy) is 2. The lowest BCUT2D eigenvalue weighted by molar-refractivity contribution is 0.122. The zero-order valence-corrected chi connectivity index (χ0v) is 17.6. The molecular weight excluding hydrogens is 410 g/mol. The molecule has 5 heterocycles. The minimum atomic E-state index is -0.620. The Morgan fingerprint density at radius 3 is 2.71 bits per heavy atom. The Balaban J connectivity index is 1.51. The van der Waals surface area contributed by atoms with Crippen LogP contribution in [0, 0.1) is 0 Å². The summed E-state index contributed by atoms with van der Waals surface area (Å²) >= 11 is 1.57. The maximum atomic E-state index is 6.24. The van der Waals surface area contributed by atoms with Crippen LogP contribution < -0.4 is 15.4 Å². The second kappa shape index (κ2) is 7.25. The molecule has 7 nitrogen and oxygen atoms in total. The molecule has 3 aromatic rings. The summed E-state index contributed by atoms with van der Waals surface area (Å²) in [5, 5.41) is 0.586. The van der Waals surface area contributed by atoms with Crippen molar-refractivity contribution in [1.82, 2.24) is 9.97 Å². The number of nitrogens with two attached hydrogens (primary N) is 1. The van der Waals surface area contributed by atoms with Crippen LogP contribution in [0.4, 0.5) is 5.69 Å². The van der Waals surface area contributed by atoms with Crippen molar-refractivity contribution >= 4 is 22.6 Å². The predicted molar refractivity (Wildman–Crippen MR) is 122 cm³/mol. The van der Waals surface area contributed by atoms with Gasteiger partial charge in [0.25, 0.3) is 0 Å². The van der Waals surface area contributed by atoms with Gasteiger partial charge in [0.15, 0.2) is 5.17 Å². The third-order valence-electron chi connectivity index (χ3n) is 6.02. The molecule has 8 heteroatoms. The van der Waals surface area contributed by atoms with Gasteiger partial charge in [-0.15, -0.1) is 0 Å². The van der Waals surface area contributed by atoms with Gasteiger partial charge in [0.1, 0.15) is 11.3 Å².